The van der Waals surface area contributed by atoms with Crippen LogP contribution in [0.1, 0.15) is 38.8 Å². The zero-order valence-corrected chi connectivity index (χ0v) is 14.4. The number of aliphatic hydroxyl groups excluding tert-OH is 1. The number of aliphatic hydroxyl groups is 1. The highest BCUT2D eigenvalue weighted by molar-refractivity contribution is 5.78. The van der Waals surface area contributed by atoms with Gasteiger partial charge in [-0.2, -0.15) is 0 Å². The van der Waals surface area contributed by atoms with E-state index in [1.54, 1.807) is 0 Å². The summed E-state index contributed by atoms with van der Waals surface area (Å²) in [6, 6.07) is 0. The average Bonchev–Trinajstić information content (AvgIpc) is 3.05. The summed E-state index contributed by atoms with van der Waals surface area (Å²) in [6.07, 6.45) is 1.92. The molecule has 0 radical (unpaired) electrons. The van der Waals surface area contributed by atoms with Crippen LogP contribution in [0.15, 0.2) is 11.6 Å². The maximum absolute atomic E-state index is 13.9. The van der Waals surface area contributed by atoms with E-state index in [2.05, 4.69) is 0 Å². The number of benzene rings is 1. The van der Waals surface area contributed by atoms with E-state index in [9.17, 15) is 22.4 Å². The van der Waals surface area contributed by atoms with Crippen molar-refractivity contribution in [2.45, 2.75) is 40.9 Å². The molecule has 1 aromatic rings. The van der Waals surface area contributed by atoms with Gasteiger partial charge >= 0.3 is 5.97 Å². The van der Waals surface area contributed by atoms with Crippen LogP contribution in [-0.4, -0.2) is 11.1 Å². The zero-order chi connectivity index (χ0) is 19.1. The number of carbonyl (C=O) groups is 1. The monoisotopic (exact) mass is 360 g/mol. The second-order valence-corrected chi connectivity index (χ2v) is 7.05. The van der Waals surface area contributed by atoms with E-state index in [4.69, 9.17) is 9.84 Å². The molecule has 7 heteroatoms. The molecule has 0 unspecified atom stereocenters. The fourth-order valence-corrected chi connectivity index (χ4v) is 3.02. The van der Waals surface area contributed by atoms with Crippen molar-refractivity contribution < 1.29 is 32.2 Å². The Labute approximate surface area is 143 Å². The number of rotatable bonds is 5. The first-order valence-corrected chi connectivity index (χ1v) is 7.80. The van der Waals surface area contributed by atoms with Gasteiger partial charge in [-0.1, -0.05) is 25.5 Å². The lowest BCUT2D eigenvalue weighted by atomic mass is 10.1. The first-order valence-electron chi connectivity index (χ1n) is 7.80. The lowest BCUT2D eigenvalue weighted by molar-refractivity contribution is -0.147. The van der Waals surface area contributed by atoms with Crippen molar-refractivity contribution in [3.05, 3.63) is 46.0 Å². The molecule has 1 aliphatic carbocycles. The third-order valence-electron chi connectivity index (χ3n) is 4.64. The van der Waals surface area contributed by atoms with Gasteiger partial charge in [0.2, 0.25) is 0 Å². The van der Waals surface area contributed by atoms with Crippen molar-refractivity contribution in [2.75, 3.05) is 0 Å². The fourth-order valence-electron chi connectivity index (χ4n) is 3.02. The molecule has 0 heterocycles. The van der Waals surface area contributed by atoms with Crippen molar-refractivity contribution in [3.63, 3.8) is 0 Å². The summed E-state index contributed by atoms with van der Waals surface area (Å²) in [5.74, 6) is -7.97. The summed E-state index contributed by atoms with van der Waals surface area (Å²) in [5, 5.41) is 8.79. The van der Waals surface area contributed by atoms with Gasteiger partial charge in [-0.3, -0.25) is 4.79 Å². The molecular formula is C18H20F4O3. The molecule has 0 aliphatic heterocycles. The second kappa shape index (κ2) is 6.78. The van der Waals surface area contributed by atoms with Crippen LogP contribution >= 0.6 is 0 Å². The molecule has 0 amide bonds. The van der Waals surface area contributed by atoms with Crippen molar-refractivity contribution in [1.29, 1.82) is 0 Å². The standard InChI is InChI=1S/C18H20F4O3/c1-8(2)5-11-12(18(11,3)4)17(24)25-7-10-15(21)13(19)9(6-23)14(20)16(10)22/h5,11-12,23H,6-7H2,1-4H3/t11-,12-/m1/s1. The predicted molar refractivity (Wildman–Crippen MR) is 82.2 cm³/mol. The molecule has 25 heavy (non-hydrogen) atoms. The molecule has 1 aliphatic rings. The summed E-state index contributed by atoms with van der Waals surface area (Å²) in [7, 11) is 0. The van der Waals surface area contributed by atoms with Crippen LogP contribution < -0.4 is 0 Å². The van der Waals surface area contributed by atoms with Crippen LogP contribution in [0.2, 0.25) is 0 Å². The molecule has 1 aromatic carbocycles. The molecular weight excluding hydrogens is 340 g/mol. The van der Waals surface area contributed by atoms with Gasteiger partial charge in [-0.05, 0) is 25.2 Å². The minimum Gasteiger partial charge on any atom is -0.460 e. The van der Waals surface area contributed by atoms with Crippen LogP contribution in [-0.2, 0) is 22.7 Å². The summed E-state index contributed by atoms with van der Waals surface area (Å²) in [5.41, 5.74) is -1.45. The molecule has 0 spiro atoms. The fraction of sp³-hybridized carbons (Fsp3) is 0.500. The number of carbonyl (C=O) groups excluding carboxylic acids is 1. The minimum absolute atomic E-state index is 0.0649. The molecule has 1 N–H and O–H groups in total. The molecule has 3 nitrogen and oxygen atoms in total. The van der Waals surface area contributed by atoms with Crippen LogP contribution in [0.3, 0.4) is 0 Å². The molecule has 0 saturated heterocycles. The largest absolute Gasteiger partial charge is 0.460 e. The first kappa shape index (κ1) is 19.4. The Morgan fingerprint density at radius 2 is 1.56 bits per heavy atom. The predicted octanol–water partition coefficient (Wildman–Crippen LogP) is 4.02. The van der Waals surface area contributed by atoms with E-state index < -0.39 is 59.5 Å². The Balaban J connectivity index is 2.18. The van der Waals surface area contributed by atoms with Crippen LogP contribution in [0.25, 0.3) is 0 Å². The first-order chi connectivity index (χ1) is 11.5. The lowest BCUT2D eigenvalue weighted by Gasteiger charge is -2.11. The van der Waals surface area contributed by atoms with E-state index in [1.807, 2.05) is 33.8 Å². The molecule has 0 aromatic heterocycles. The summed E-state index contributed by atoms with van der Waals surface area (Å²) in [4.78, 5) is 12.2. The Morgan fingerprint density at radius 3 is 2.00 bits per heavy atom. The van der Waals surface area contributed by atoms with Crippen LogP contribution in [0, 0.1) is 40.5 Å². The number of hydrogen-bond donors (Lipinski definition) is 1. The Kier molecular flexibility index (Phi) is 5.27. The van der Waals surface area contributed by atoms with Gasteiger partial charge in [0.05, 0.1) is 23.7 Å². The quantitative estimate of drug-likeness (QED) is 0.373. The Morgan fingerprint density at radius 1 is 1.08 bits per heavy atom. The van der Waals surface area contributed by atoms with Crippen molar-refractivity contribution >= 4 is 5.97 Å². The van der Waals surface area contributed by atoms with Crippen molar-refractivity contribution in [3.8, 4) is 0 Å². The van der Waals surface area contributed by atoms with E-state index >= 15 is 0 Å². The molecule has 138 valence electrons. The number of allylic oxidation sites excluding steroid dienone is 2. The smallest absolute Gasteiger partial charge is 0.310 e. The van der Waals surface area contributed by atoms with Crippen molar-refractivity contribution in [2.24, 2.45) is 17.3 Å². The van der Waals surface area contributed by atoms with E-state index in [-0.39, 0.29) is 11.3 Å². The van der Waals surface area contributed by atoms with Gasteiger partial charge in [0.25, 0.3) is 0 Å². The molecule has 0 bridgehead atoms. The van der Waals surface area contributed by atoms with Gasteiger partial charge in [0.1, 0.15) is 6.61 Å². The second-order valence-electron chi connectivity index (χ2n) is 7.05. The third-order valence-corrected chi connectivity index (χ3v) is 4.64. The lowest BCUT2D eigenvalue weighted by Crippen LogP contribution is -2.14. The minimum atomic E-state index is -1.69. The Bertz CT molecular complexity index is 707. The molecule has 1 saturated carbocycles. The maximum atomic E-state index is 13.9. The SMILES string of the molecule is CC(C)=C[C@@H]1[C@H](C(=O)OCc2c(F)c(F)c(CO)c(F)c2F)C1(C)C. The van der Waals surface area contributed by atoms with Gasteiger partial charge in [-0.25, -0.2) is 17.6 Å². The van der Waals surface area contributed by atoms with Gasteiger partial charge in [0, 0.05) is 0 Å². The third kappa shape index (κ3) is 3.42. The summed E-state index contributed by atoms with van der Waals surface area (Å²) < 4.78 is 59.9. The van der Waals surface area contributed by atoms with Gasteiger partial charge in [0.15, 0.2) is 23.3 Å². The van der Waals surface area contributed by atoms with Crippen LogP contribution in [0.4, 0.5) is 17.6 Å². The van der Waals surface area contributed by atoms with E-state index in [1.165, 1.54) is 0 Å². The molecule has 1 fully saturated rings. The summed E-state index contributed by atoms with van der Waals surface area (Å²) >= 11 is 0. The highest BCUT2D eigenvalue weighted by Crippen LogP contribution is 2.59. The van der Waals surface area contributed by atoms with E-state index in [0.717, 1.165) is 5.57 Å². The zero-order valence-electron chi connectivity index (χ0n) is 14.4. The average molecular weight is 360 g/mol. The molecule has 2 atom stereocenters. The Hall–Kier alpha value is -1.89. The van der Waals surface area contributed by atoms with Gasteiger partial charge in [-0.15, -0.1) is 0 Å². The van der Waals surface area contributed by atoms with Crippen molar-refractivity contribution in [1.82, 2.24) is 0 Å². The molecule has 2 rings (SSSR count). The maximum Gasteiger partial charge on any atom is 0.310 e. The highest BCUT2D eigenvalue weighted by atomic mass is 19.2. The normalized spacial score (nSPS) is 21.0. The highest BCUT2D eigenvalue weighted by Gasteiger charge is 2.61. The summed E-state index contributed by atoms with van der Waals surface area (Å²) in [6.45, 7) is 5.38. The number of esters is 1. The van der Waals surface area contributed by atoms with E-state index in [0.29, 0.717) is 0 Å². The number of ether oxygens (including phenoxy) is 1. The van der Waals surface area contributed by atoms with Crippen LogP contribution in [0.5, 0.6) is 0 Å². The number of hydrogen-bond acceptors (Lipinski definition) is 3. The topological polar surface area (TPSA) is 46.5 Å². The number of halogens is 4. The van der Waals surface area contributed by atoms with Gasteiger partial charge < -0.3 is 9.84 Å².